The van der Waals surface area contributed by atoms with E-state index in [2.05, 4.69) is 32.8 Å². The van der Waals surface area contributed by atoms with Gasteiger partial charge in [-0.05, 0) is 13.0 Å². The molecule has 1 aromatic heterocycles. The largest absolute Gasteiger partial charge is 0.242 e. The molecule has 1 heterocycles. The van der Waals surface area contributed by atoms with Gasteiger partial charge in [-0.15, -0.1) is 0 Å². The third kappa shape index (κ3) is 2.97. The number of alkyl halides is 1. The number of halogens is 1. The van der Waals surface area contributed by atoms with E-state index in [4.69, 9.17) is 0 Å². The molecule has 0 aromatic carbocycles. The van der Waals surface area contributed by atoms with Crippen LogP contribution in [0.1, 0.15) is 18.4 Å². The van der Waals surface area contributed by atoms with Crippen molar-refractivity contribution in [3.63, 3.8) is 0 Å². The lowest BCUT2D eigenvalue weighted by Gasteiger charge is -2.01. The van der Waals surface area contributed by atoms with E-state index < -0.39 is 0 Å². The Balaban J connectivity index is 2.71. The molecule has 0 aliphatic rings. The summed E-state index contributed by atoms with van der Waals surface area (Å²) in [6, 6.07) is 1.95. The highest BCUT2D eigenvalue weighted by Gasteiger charge is 1.99. The third-order valence-electron chi connectivity index (χ3n) is 1.32. The Morgan fingerprint density at radius 2 is 2.36 bits per heavy atom. The second-order valence-electron chi connectivity index (χ2n) is 2.58. The average Bonchev–Trinajstić information content (AvgIpc) is 1.85. The third-order valence-corrected chi connectivity index (χ3v) is 1.65. The Labute approximate surface area is 75.2 Å². The van der Waals surface area contributed by atoms with Gasteiger partial charge in [-0.25, -0.2) is 9.97 Å². The zero-order valence-corrected chi connectivity index (χ0v) is 8.30. The summed E-state index contributed by atoms with van der Waals surface area (Å²) < 4.78 is 0. The van der Waals surface area contributed by atoms with E-state index >= 15 is 0 Å². The van der Waals surface area contributed by atoms with Crippen LogP contribution in [-0.4, -0.2) is 14.8 Å². The fourth-order valence-corrected chi connectivity index (χ4v) is 1.24. The van der Waals surface area contributed by atoms with Gasteiger partial charge in [0.2, 0.25) is 0 Å². The smallest absolute Gasteiger partial charge is 0.125 e. The van der Waals surface area contributed by atoms with Crippen LogP contribution in [0.15, 0.2) is 12.3 Å². The van der Waals surface area contributed by atoms with Gasteiger partial charge in [0.05, 0.1) is 0 Å². The summed E-state index contributed by atoms with van der Waals surface area (Å²) in [5.74, 6) is 0.843. The molecule has 0 fully saturated rings. The van der Waals surface area contributed by atoms with Crippen molar-refractivity contribution in [2.45, 2.75) is 25.1 Å². The summed E-state index contributed by atoms with van der Waals surface area (Å²) in [5.41, 5.74) is 1.10. The van der Waals surface area contributed by atoms with Crippen LogP contribution in [0.2, 0.25) is 0 Å². The number of aryl methyl sites for hydroxylation is 1. The molecule has 11 heavy (non-hydrogen) atoms. The van der Waals surface area contributed by atoms with Crippen LogP contribution in [0.25, 0.3) is 0 Å². The highest BCUT2D eigenvalue weighted by molar-refractivity contribution is 9.09. The summed E-state index contributed by atoms with van der Waals surface area (Å²) in [4.78, 5) is 8.78. The molecule has 0 saturated carbocycles. The first-order chi connectivity index (χ1) is 5.18. The maximum atomic E-state index is 4.27. The molecule has 0 bridgehead atoms. The number of hydrogen-bond donors (Lipinski definition) is 0. The van der Waals surface area contributed by atoms with Crippen molar-refractivity contribution >= 4 is 15.9 Å². The van der Waals surface area contributed by atoms with Crippen molar-refractivity contribution < 1.29 is 0 Å². The van der Waals surface area contributed by atoms with Crippen LogP contribution in [0.5, 0.6) is 0 Å². The van der Waals surface area contributed by atoms with Crippen LogP contribution >= 0.6 is 15.9 Å². The van der Waals surface area contributed by atoms with Gasteiger partial charge in [-0.2, -0.15) is 0 Å². The molecule has 1 aromatic rings. The van der Waals surface area contributed by atoms with Crippen molar-refractivity contribution in [1.29, 1.82) is 0 Å². The molecule has 0 spiro atoms. The average molecular weight is 215 g/mol. The minimum Gasteiger partial charge on any atom is -0.242 e. The Bertz CT molecular complexity index is 235. The van der Waals surface area contributed by atoms with E-state index in [0.717, 1.165) is 17.9 Å². The van der Waals surface area contributed by atoms with Crippen LogP contribution in [-0.2, 0) is 6.42 Å². The van der Waals surface area contributed by atoms with Crippen molar-refractivity contribution in [2.75, 3.05) is 0 Å². The summed E-state index contributed by atoms with van der Waals surface area (Å²) in [6.07, 6.45) is 2.76. The summed E-state index contributed by atoms with van der Waals surface area (Å²) >= 11 is 3.48. The molecule has 1 atom stereocenters. The number of hydrogen-bond acceptors (Lipinski definition) is 2. The predicted molar refractivity (Wildman–Crippen MR) is 48.9 cm³/mol. The molecule has 60 valence electrons. The van der Waals surface area contributed by atoms with Crippen molar-refractivity contribution in [1.82, 2.24) is 9.97 Å². The second kappa shape index (κ2) is 3.81. The maximum Gasteiger partial charge on any atom is 0.125 e. The fraction of sp³-hybridized carbons (Fsp3) is 0.500. The van der Waals surface area contributed by atoms with E-state index in [1.807, 2.05) is 13.0 Å². The molecule has 1 unspecified atom stereocenters. The van der Waals surface area contributed by atoms with E-state index in [1.165, 1.54) is 0 Å². The SMILES string of the molecule is Cc1nccc(CC(C)Br)n1. The monoisotopic (exact) mass is 214 g/mol. The lowest BCUT2D eigenvalue weighted by Crippen LogP contribution is -2.00. The van der Waals surface area contributed by atoms with Crippen molar-refractivity contribution in [3.05, 3.63) is 23.8 Å². The molecule has 0 saturated heterocycles. The molecule has 0 aliphatic carbocycles. The molecule has 0 radical (unpaired) electrons. The van der Waals surface area contributed by atoms with Crippen molar-refractivity contribution in [2.24, 2.45) is 0 Å². The summed E-state index contributed by atoms with van der Waals surface area (Å²) in [7, 11) is 0. The van der Waals surface area contributed by atoms with Crippen LogP contribution in [0.3, 0.4) is 0 Å². The maximum absolute atomic E-state index is 4.27. The van der Waals surface area contributed by atoms with Crippen LogP contribution in [0.4, 0.5) is 0 Å². The normalized spacial score (nSPS) is 13.0. The van der Waals surface area contributed by atoms with Gasteiger partial charge in [-0.1, -0.05) is 22.9 Å². The highest BCUT2D eigenvalue weighted by atomic mass is 79.9. The lowest BCUT2D eigenvalue weighted by molar-refractivity contribution is 0.880. The minimum atomic E-state index is 0.483. The first-order valence-electron chi connectivity index (χ1n) is 3.61. The van der Waals surface area contributed by atoms with Gasteiger partial charge < -0.3 is 0 Å². The first-order valence-corrected chi connectivity index (χ1v) is 4.52. The number of rotatable bonds is 2. The minimum absolute atomic E-state index is 0.483. The van der Waals surface area contributed by atoms with E-state index in [-0.39, 0.29) is 0 Å². The molecule has 0 amide bonds. The van der Waals surface area contributed by atoms with Crippen LogP contribution < -0.4 is 0 Å². The number of aromatic nitrogens is 2. The Hall–Kier alpha value is -0.440. The Kier molecular flexibility index (Phi) is 3.00. The highest BCUT2D eigenvalue weighted by Crippen LogP contribution is 2.05. The molecular formula is C8H11BrN2. The summed E-state index contributed by atoms with van der Waals surface area (Å²) in [6.45, 7) is 4.01. The topological polar surface area (TPSA) is 25.8 Å². The molecule has 0 N–H and O–H groups in total. The van der Waals surface area contributed by atoms with Gasteiger partial charge in [0.25, 0.3) is 0 Å². The van der Waals surface area contributed by atoms with Gasteiger partial charge in [0.1, 0.15) is 5.82 Å². The second-order valence-corrected chi connectivity index (χ2v) is 4.14. The lowest BCUT2D eigenvalue weighted by atomic mass is 10.2. The summed E-state index contributed by atoms with van der Waals surface area (Å²) in [5, 5.41) is 0. The molecule has 2 nitrogen and oxygen atoms in total. The Morgan fingerprint density at radius 1 is 1.64 bits per heavy atom. The molecular weight excluding hydrogens is 204 g/mol. The van der Waals surface area contributed by atoms with Gasteiger partial charge in [0, 0.05) is 23.1 Å². The quantitative estimate of drug-likeness (QED) is 0.706. The predicted octanol–water partition coefficient (Wildman–Crippen LogP) is 2.11. The molecule has 3 heteroatoms. The van der Waals surface area contributed by atoms with E-state index in [0.29, 0.717) is 4.83 Å². The zero-order valence-electron chi connectivity index (χ0n) is 6.71. The number of nitrogens with zero attached hydrogens (tertiary/aromatic N) is 2. The van der Waals surface area contributed by atoms with E-state index in [1.54, 1.807) is 6.20 Å². The van der Waals surface area contributed by atoms with Gasteiger partial charge in [-0.3, -0.25) is 0 Å². The van der Waals surface area contributed by atoms with Crippen LogP contribution in [0, 0.1) is 6.92 Å². The van der Waals surface area contributed by atoms with Gasteiger partial charge >= 0.3 is 0 Å². The van der Waals surface area contributed by atoms with Crippen molar-refractivity contribution in [3.8, 4) is 0 Å². The zero-order chi connectivity index (χ0) is 8.27. The van der Waals surface area contributed by atoms with E-state index in [9.17, 15) is 0 Å². The Morgan fingerprint density at radius 3 is 2.91 bits per heavy atom. The van der Waals surface area contributed by atoms with Gasteiger partial charge in [0.15, 0.2) is 0 Å². The standard InChI is InChI=1S/C8H11BrN2/c1-6(9)5-8-3-4-10-7(2)11-8/h3-4,6H,5H2,1-2H3. The molecule has 1 rings (SSSR count). The fourth-order valence-electron chi connectivity index (χ4n) is 0.907. The first kappa shape index (κ1) is 8.65. The molecule has 0 aliphatic heterocycles.